The highest BCUT2D eigenvalue weighted by atomic mass is 16.5. The fourth-order valence-electron chi connectivity index (χ4n) is 2.94. The fraction of sp³-hybridized carbons (Fsp3) is 0.130. The van der Waals surface area contributed by atoms with E-state index in [2.05, 4.69) is 5.32 Å². The number of carboxylic acids is 1. The lowest BCUT2D eigenvalue weighted by molar-refractivity contribution is 0.0698. The summed E-state index contributed by atoms with van der Waals surface area (Å²) in [5, 5.41) is 12.2. The molecule has 3 rings (SSSR count). The van der Waals surface area contributed by atoms with E-state index < -0.39 is 5.97 Å². The van der Waals surface area contributed by atoms with Crippen molar-refractivity contribution in [2.45, 2.75) is 12.8 Å². The maximum absolute atomic E-state index is 12.4. The minimum Gasteiger partial charge on any atom is -0.497 e. The van der Waals surface area contributed by atoms with Crippen LogP contribution in [0.4, 0.5) is 5.69 Å². The number of carbonyl (C=O) groups excluding carboxylic acids is 1. The number of hydrogen-bond acceptors (Lipinski definition) is 3. The Balaban J connectivity index is 1.79. The Morgan fingerprint density at radius 3 is 2.29 bits per heavy atom. The average molecular weight is 375 g/mol. The molecule has 0 bridgehead atoms. The van der Waals surface area contributed by atoms with Crippen LogP contribution in [0.3, 0.4) is 0 Å². The molecule has 3 aromatic carbocycles. The minimum atomic E-state index is -1.08. The molecule has 5 nitrogen and oxygen atoms in total. The molecule has 0 aromatic heterocycles. The summed E-state index contributed by atoms with van der Waals surface area (Å²) in [4.78, 5) is 24.0. The highest BCUT2D eigenvalue weighted by Gasteiger charge is 2.14. The van der Waals surface area contributed by atoms with Crippen LogP contribution >= 0.6 is 0 Å². The standard InChI is InChI=1S/C23H21NO4/c1-28-19-9-5-6-16(14-19)10-11-17-12-13-20(23(26)27)21(15-17)24-22(25)18-7-3-2-4-8-18/h2-9,12-15H,10-11H2,1H3,(H,24,25)(H,26,27). The molecule has 0 saturated carbocycles. The van der Waals surface area contributed by atoms with Crippen molar-refractivity contribution in [3.05, 3.63) is 95.1 Å². The number of carbonyl (C=O) groups is 2. The number of carboxylic acid groups (broad SMARTS) is 1. The van der Waals surface area contributed by atoms with Gasteiger partial charge in [0.2, 0.25) is 0 Å². The summed E-state index contributed by atoms with van der Waals surface area (Å²) >= 11 is 0. The summed E-state index contributed by atoms with van der Waals surface area (Å²) in [6.07, 6.45) is 1.48. The second-order valence-electron chi connectivity index (χ2n) is 6.36. The normalized spacial score (nSPS) is 10.3. The molecule has 0 aliphatic carbocycles. The van der Waals surface area contributed by atoms with Crippen molar-refractivity contribution >= 4 is 17.6 Å². The molecule has 142 valence electrons. The van der Waals surface area contributed by atoms with E-state index in [9.17, 15) is 14.7 Å². The first kappa shape index (κ1) is 19.2. The Bertz CT molecular complexity index is 983. The summed E-state index contributed by atoms with van der Waals surface area (Å²) in [6, 6.07) is 21.6. The van der Waals surface area contributed by atoms with Crippen molar-refractivity contribution in [2.24, 2.45) is 0 Å². The Kier molecular flexibility index (Phi) is 6.07. The van der Waals surface area contributed by atoms with Gasteiger partial charge in [0.15, 0.2) is 0 Å². The van der Waals surface area contributed by atoms with Gasteiger partial charge in [0.25, 0.3) is 5.91 Å². The molecule has 0 saturated heterocycles. The summed E-state index contributed by atoms with van der Waals surface area (Å²) < 4.78 is 5.24. The van der Waals surface area contributed by atoms with Crippen LogP contribution in [-0.2, 0) is 12.8 Å². The zero-order valence-electron chi connectivity index (χ0n) is 15.5. The van der Waals surface area contributed by atoms with Crippen LogP contribution in [0.15, 0.2) is 72.8 Å². The second-order valence-corrected chi connectivity index (χ2v) is 6.36. The van der Waals surface area contributed by atoms with Crippen LogP contribution in [0.25, 0.3) is 0 Å². The van der Waals surface area contributed by atoms with Gasteiger partial charge in [-0.05, 0) is 60.4 Å². The average Bonchev–Trinajstić information content (AvgIpc) is 2.73. The van der Waals surface area contributed by atoms with Crippen LogP contribution in [0.1, 0.15) is 31.8 Å². The van der Waals surface area contributed by atoms with Crippen LogP contribution in [0.2, 0.25) is 0 Å². The predicted octanol–water partition coefficient (Wildman–Crippen LogP) is 4.43. The maximum Gasteiger partial charge on any atom is 0.337 e. The summed E-state index contributed by atoms with van der Waals surface area (Å²) in [7, 11) is 1.63. The molecule has 1 amide bonds. The lowest BCUT2D eigenvalue weighted by Gasteiger charge is -2.11. The molecular formula is C23H21NO4. The van der Waals surface area contributed by atoms with Gasteiger partial charge in [0.05, 0.1) is 18.4 Å². The molecule has 28 heavy (non-hydrogen) atoms. The number of rotatable bonds is 7. The number of amides is 1. The molecule has 2 N–H and O–H groups in total. The van der Waals surface area contributed by atoms with E-state index in [1.165, 1.54) is 6.07 Å². The van der Waals surface area contributed by atoms with Crippen molar-refractivity contribution in [2.75, 3.05) is 12.4 Å². The maximum atomic E-state index is 12.4. The van der Waals surface area contributed by atoms with Crippen LogP contribution < -0.4 is 10.1 Å². The lowest BCUT2D eigenvalue weighted by Crippen LogP contribution is -2.15. The van der Waals surface area contributed by atoms with E-state index in [0.717, 1.165) is 23.3 Å². The molecule has 0 radical (unpaired) electrons. The van der Waals surface area contributed by atoms with E-state index in [1.54, 1.807) is 43.5 Å². The van der Waals surface area contributed by atoms with Crippen LogP contribution in [-0.4, -0.2) is 24.1 Å². The predicted molar refractivity (Wildman–Crippen MR) is 108 cm³/mol. The quantitative estimate of drug-likeness (QED) is 0.640. The smallest absolute Gasteiger partial charge is 0.337 e. The van der Waals surface area contributed by atoms with Crippen molar-refractivity contribution in [1.82, 2.24) is 0 Å². The molecule has 0 atom stereocenters. The van der Waals surface area contributed by atoms with Gasteiger partial charge in [0.1, 0.15) is 5.75 Å². The van der Waals surface area contributed by atoms with Gasteiger partial charge in [0, 0.05) is 5.56 Å². The highest BCUT2D eigenvalue weighted by Crippen LogP contribution is 2.21. The van der Waals surface area contributed by atoms with E-state index in [1.807, 2.05) is 30.3 Å². The fourth-order valence-corrected chi connectivity index (χ4v) is 2.94. The first-order valence-corrected chi connectivity index (χ1v) is 8.92. The molecular weight excluding hydrogens is 354 g/mol. The number of methoxy groups -OCH3 is 1. The van der Waals surface area contributed by atoms with Crippen LogP contribution in [0.5, 0.6) is 5.75 Å². The van der Waals surface area contributed by atoms with Gasteiger partial charge < -0.3 is 15.2 Å². The Morgan fingerprint density at radius 2 is 1.61 bits per heavy atom. The van der Waals surface area contributed by atoms with Crippen molar-refractivity contribution < 1.29 is 19.4 Å². The van der Waals surface area contributed by atoms with E-state index >= 15 is 0 Å². The van der Waals surface area contributed by atoms with Gasteiger partial charge in [-0.2, -0.15) is 0 Å². The highest BCUT2D eigenvalue weighted by molar-refractivity contribution is 6.07. The van der Waals surface area contributed by atoms with Crippen LogP contribution in [0, 0.1) is 0 Å². The van der Waals surface area contributed by atoms with E-state index in [4.69, 9.17) is 4.74 Å². The monoisotopic (exact) mass is 375 g/mol. The van der Waals surface area contributed by atoms with Crippen molar-refractivity contribution in [1.29, 1.82) is 0 Å². The molecule has 5 heteroatoms. The summed E-state index contributed by atoms with van der Waals surface area (Å²) in [5.74, 6) is -0.620. The molecule has 3 aromatic rings. The van der Waals surface area contributed by atoms with E-state index in [-0.39, 0.29) is 11.5 Å². The molecule has 0 unspecified atom stereocenters. The number of anilines is 1. The van der Waals surface area contributed by atoms with Gasteiger partial charge in [-0.25, -0.2) is 4.79 Å². The second kappa shape index (κ2) is 8.86. The molecule has 0 aliphatic rings. The molecule has 0 spiro atoms. The van der Waals surface area contributed by atoms with Crippen molar-refractivity contribution in [3.8, 4) is 5.75 Å². The number of ether oxygens (including phenoxy) is 1. The third-order valence-corrected chi connectivity index (χ3v) is 4.44. The first-order valence-electron chi connectivity index (χ1n) is 8.92. The number of aryl methyl sites for hydroxylation is 2. The molecule has 0 heterocycles. The Labute approximate surface area is 163 Å². The zero-order chi connectivity index (χ0) is 19.9. The lowest BCUT2D eigenvalue weighted by atomic mass is 10.0. The third-order valence-electron chi connectivity index (χ3n) is 4.44. The summed E-state index contributed by atoms with van der Waals surface area (Å²) in [6.45, 7) is 0. The Morgan fingerprint density at radius 1 is 0.893 bits per heavy atom. The molecule has 0 fully saturated rings. The van der Waals surface area contributed by atoms with Gasteiger partial charge in [-0.3, -0.25) is 4.79 Å². The SMILES string of the molecule is COc1cccc(CCc2ccc(C(=O)O)c(NC(=O)c3ccccc3)c2)c1. The number of hydrogen-bond donors (Lipinski definition) is 2. The zero-order valence-corrected chi connectivity index (χ0v) is 15.5. The number of nitrogens with one attached hydrogen (secondary N) is 1. The van der Waals surface area contributed by atoms with Gasteiger partial charge in [-0.1, -0.05) is 36.4 Å². The van der Waals surface area contributed by atoms with Gasteiger partial charge >= 0.3 is 5.97 Å². The first-order chi connectivity index (χ1) is 13.6. The Hall–Kier alpha value is -3.60. The summed E-state index contributed by atoms with van der Waals surface area (Å²) in [5.41, 5.74) is 2.90. The van der Waals surface area contributed by atoms with E-state index in [0.29, 0.717) is 17.7 Å². The van der Waals surface area contributed by atoms with Crippen molar-refractivity contribution in [3.63, 3.8) is 0 Å². The topological polar surface area (TPSA) is 75.6 Å². The largest absolute Gasteiger partial charge is 0.497 e. The number of benzene rings is 3. The third kappa shape index (κ3) is 4.76. The number of aromatic carboxylic acids is 1. The van der Waals surface area contributed by atoms with Gasteiger partial charge in [-0.15, -0.1) is 0 Å². The minimum absolute atomic E-state index is 0.0643. The molecule has 0 aliphatic heterocycles.